The Morgan fingerprint density at radius 2 is 2.10 bits per heavy atom. The number of anilines is 1. The molecule has 1 aliphatic rings. The topological polar surface area (TPSA) is 61.6 Å². The normalized spacial score (nSPS) is 19.5. The molecule has 0 bridgehead atoms. The number of amides is 1. The summed E-state index contributed by atoms with van der Waals surface area (Å²) in [5, 5.41) is 2.93. The summed E-state index contributed by atoms with van der Waals surface area (Å²) in [6.45, 7) is 2.94. The first kappa shape index (κ1) is 15.0. The maximum Gasteiger partial charge on any atom is 0.238 e. The molecule has 2 rings (SSSR count). The number of hydrogen-bond acceptors (Lipinski definition) is 4. The molecular weight excluding hydrogens is 252 g/mol. The first-order chi connectivity index (χ1) is 9.58. The SMILES string of the molecule is CN(C)C1CCN(CC(=O)Nc2ccc(CN)cc2)C1. The van der Waals surface area contributed by atoms with Crippen molar-refractivity contribution in [1.82, 2.24) is 9.80 Å². The van der Waals surface area contributed by atoms with E-state index in [9.17, 15) is 4.79 Å². The smallest absolute Gasteiger partial charge is 0.238 e. The van der Waals surface area contributed by atoms with Gasteiger partial charge in [-0.15, -0.1) is 0 Å². The number of carbonyl (C=O) groups excluding carboxylic acids is 1. The fraction of sp³-hybridized carbons (Fsp3) is 0.533. The summed E-state index contributed by atoms with van der Waals surface area (Å²) in [6, 6.07) is 8.23. The number of hydrogen-bond donors (Lipinski definition) is 2. The van der Waals surface area contributed by atoms with Gasteiger partial charge in [-0.1, -0.05) is 12.1 Å². The van der Waals surface area contributed by atoms with E-state index >= 15 is 0 Å². The maximum absolute atomic E-state index is 12.0. The zero-order valence-corrected chi connectivity index (χ0v) is 12.3. The molecule has 1 amide bonds. The molecule has 1 aromatic rings. The summed E-state index contributed by atoms with van der Waals surface area (Å²) in [4.78, 5) is 16.4. The lowest BCUT2D eigenvalue weighted by Crippen LogP contribution is -2.35. The molecule has 5 heteroatoms. The second-order valence-corrected chi connectivity index (χ2v) is 5.59. The number of likely N-dealkylation sites (tertiary alicyclic amines) is 1. The van der Waals surface area contributed by atoms with E-state index in [4.69, 9.17) is 5.73 Å². The molecular formula is C15H24N4O. The summed E-state index contributed by atoms with van der Waals surface area (Å²) in [7, 11) is 4.18. The summed E-state index contributed by atoms with van der Waals surface area (Å²) < 4.78 is 0. The zero-order chi connectivity index (χ0) is 14.5. The van der Waals surface area contributed by atoms with E-state index in [0.29, 0.717) is 19.1 Å². The minimum Gasteiger partial charge on any atom is -0.326 e. The Balaban J connectivity index is 1.80. The van der Waals surface area contributed by atoms with Gasteiger partial charge in [-0.05, 0) is 38.2 Å². The van der Waals surface area contributed by atoms with Gasteiger partial charge in [0.25, 0.3) is 0 Å². The van der Waals surface area contributed by atoms with Crippen molar-refractivity contribution in [3.63, 3.8) is 0 Å². The minimum absolute atomic E-state index is 0.0462. The minimum atomic E-state index is 0.0462. The summed E-state index contributed by atoms with van der Waals surface area (Å²) in [5.74, 6) is 0.0462. The number of carbonyl (C=O) groups is 1. The summed E-state index contributed by atoms with van der Waals surface area (Å²) in [6.07, 6.45) is 1.13. The third-order valence-electron chi connectivity index (χ3n) is 3.82. The van der Waals surface area contributed by atoms with Crippen LogP contribution in [0.1, 0.15) is 12.0 Å². The van der Waals surface area contributed by atoms with Crippen molar-refractivity contribution in [3.8, 4) is 0 Å². The number of nitrogens with one attached hydrogen (secondary N) is 1. The standard InChI is InChI=1S/C15H24N4O/c1-18(2)14-7-8-19(10-14)11-15(20)17-13-5-3-12(9-16)4-6-13/h3-6,14H,7-11,16H2,1-2H3,(H,17,20). The van der Waals surface area contributed by atoms with Crippen molar-refractivity contribution >= 4 is 11.6 Å². The maximum atomic E-state index is 12.0. The van der Waals surface area contributed by atoms with Crippen LogP contribution >= 0.6 is 0 Å². The van der Waals surface area contributed by atoms with Gasteiger partial charge in [0.05, 0.1) is 6.54 Å². The molecule has 1 atom stereocenters. The monoisotopic (exact) mass is 276 g/mol. The average molecular weight is 276 g/mol. The third-order valence-corrected chi connectivity index (χ3v) is 3.82. The van der Waals surface area contributed by atoms with E-state index in [1.54, 1.807) is 0 Å². The first-order valence-corrected chi connectivity index (χ1v) is 7.06. The number of rotatable bonds is 5. The molecule has 0 aromatic heterocycles. The predicted octanol–water partition coefficient (Wildman–Crippen LogP) is 0.720. The second-order valence-electron chi connectivity index (χ2n) is 5.59. The Labute approximate surface area is 120 Å². The van der Waals surface area contributed by atoms with Crippen molar-refractivity contribution in [2.24, 2.45) is 5.73 Å². The molecule has 0 radical (unpaired) electrons. The average Bonchev–Trinajstić information content (AvgIpc) is 2.88. The highest BCUT2D eigenvalue weighted by molar-refractivity contribution is 5.92. The van der Waals surface area contributed by atoms with E-state index in [2.05, 4.69) is 29.2 Å². The Kier molecular flexibility index (Phi) is 5.11. The van der Waals surface area contributed by atoms with Crippen LogP contribution in [0.25, 0.3) is 0 Å². The fourth-order valence-electron chi connectivity index (χ4n) is 2.51. The molecule has 0 saturated carbocycles. The number of nitrogens with zero attached hydrogens (tertiary/aromatic N) is 2. The van der Waals surface area contributed by atoms with Gasteiger partial charge < -0.3 is 16.0 Å². The lowest BCUT2D eigenvalue weighted by molar-refractivity contribution is -0.117. The molecule has 1 aromatic carbocycles. The van der Waals surface area contributed by atoms with Crippen LogP contribution in [0.4, 0.5) is 5.69 Å². The molecule has 1 heterocycles. The van der Waals surface area contributed by atoms with Crippen LogP contribution in [0.3, 0.4) is 0 Å². The Bertz CT molecular complexity index is 444. The van der Waals surface area contributed by atoms with E-state index in [1.807, 2.05) is 24.3 Å². The third kappa shape index (κ3) is 4.03. The Morgan fingerprint density at radius 3 is 2.65 bits per heavy atom. The van der Waals surface area contributed by atoms with Crippen LogP contribution in [0.2, 0.25) is 0 Å². The molecule has 3 N–H and O–H groups in total. The van der Waals surface area contributed by atoms with Crippen molar-refractivity contribution in [2.75, 3.05) is 39.0 Å². The molecule has 1 aliphatic heterocycles. The van der Waals surface area contributed by atoms with Gasteiger partial charge in [-0.2, -0.15) is 0 Å². The van der Waals surface area contributed by atoms with E-state index in [0.717, 1.165) is 30.8 Å². The highest BCUT2D eigenvalue weighted by Crippen LogP contribution is 2.13. The predicted molar refractivity (Wildman–Crippen MR) is 81.5 cm³/mol. The van der Waals surface area contributed by atoms with E-state index < -0.39 is 0 Å². The Morgan fingerprint density at radius 1 is 1.40 bits per heavy atom. The quantitative estimate of drug-likeness (QED) is 0.832. The van der Waals surface area contributed by atoms with E-state index in [1.165, 1.54) is 0 Å². The number of likely N-dealkylation sites (N-methyl/N-ethyl adjacent to an activating group) is 1. The molecule has 1 fully saturated rings. The largest absolute Gasteiger partial charge is 0.326 e. The highest BCUT2D eigenvalue weighted by Gasteiger charge is 2.25. The van der Waals surface area contributed by atoms with Gasteiger partial charge in [0.1, 0.15) is 0 Å². The van der Waals surface area contributed by atoms with Crippen LogP contribution in [-0.4, -0.2) is 55.5 Å². The summed E-state index contributed by atoms with van der Waals surface area (Å²) in [5.41, 5.74) is 7.44. The van der Waals surface area contributed by atoms with Crippen molar-refractivity contribution in [2.45, 2.75) is 19.0 Å². The van der Waals surface area contributed by atoms with Crippen molar-refractivity contribution < 1.29 is 4.79 Å². The Hall–Kier alpha value is -1.43. The van der Waals surface area contributed by atoms with Crippen LogP contribution in [-0.2, 0) is 11.3 Å². The highest BCUT2D eigenvalue weighted by atomic mass is 16.2. The van der Waals surface area contributed by atoms with Crippen LogP contribution in [0.15, 0.2) is 24.3 Å². The van der Waals surface area contributed by atoms with Gasteiger partial charge in [0.15, 0.2) is 0 Å². The number of nitrogens with two attached hydrogens (primary N) is 1. The van der Waals surface area contributed by atoms with Gasteiger partial charge >= 0.3 is 0 Å². The van der Waals surface area contributed by atoms with Crippen molar-refractivity contribution in [3.05, 3.63) is 29.8 Å². The van der Waals surface area contributed by atoms with Gasteiger partial charge in [-0.25, -0.2) is 0 Å². The lowest BCUT2D eigenvalue weighted by atomic mass is 10.2. The van der Waals surface area contributed by atoms with Crippen LogP contribution in [0.5, 0.6) is 0 Å². The van der Waals surface area contributed by atoms with Gasteiger partial charge in [-0.3, -0.25) is 9.69 Å². The summed E-state index contributed by atoms with van der Waals surface area (Å²) >= 11 is 0. The fourth-order valence-corrected chi connectivity index (χ4v) is 2.51. The zero-order valence-electron chi connectivity index (χ0n) is 12.3. The molecule has 1 saturated heterocycles. The first-order valence-electron chi connectivity index (χ1n) is 7.06. The molecule has 110 valence electrons. The van der Waals surface area contributed by atoms with E-state index in [-0.39, 0.29) is 5.91 Å². The number of benzene rings is 1. The lowest BCUT2D eigenvalue weighted by Gasteiger charge is -2.20. The molecule has 0 aliphatic carbocycles. The second kappa shape index (κ2) is 6.83. The molecule has 5 nitrogen and oxygen atoms in total. The molecule has 20 heavy (non-hydrogen) atoms. The van der Waals surface area contributed by atoms with Crippen LogP contribution in [0, 0.1) is 0 Å². The molecule has 1 unspecified atom stereocenters. The van der Waals surface area contributed by atoms with Crippen molar-refractivity contribution in [1.29, 1.82) is 0 Å². The van der Waals surface area contributed by atoms with Gasteiger partial charge in [0.2, 0.25) is 5.91 Å². The molecule has 0 spiro atoms. The van der Waals surface area contributed by atoms with Gasteiger partial charge in [0, 0.05) is 31.4 Å². The van der Waals surface area contributed by atoms with Crippen LogP contribution < -0.4 is 11.1 Å².